The van der Waals surface area contributed by atoms with Crippen molar-refractivity contribution in [2.75, 3.05) is 0 Å². The summed E-state index contributed by atoms with van der Waals surface area (Å²) in [5, 5.41) is 0.922. The van der Waals surface area contributed by atoms with E-state index in [4.69, 9.17) is 0 Å². The number of rotatable bonds is 6. The molecule has 0 spiro atoms. The van der Waals surface area contributed by atoms with Crippen molar-refractivity contribution in [1.82, 2.24) is 0 Å². The van der Waals surface area contributed by atoms with Crippen molar-refractivity contribution in [1.29, 1.82) is 0 Å². The quantitative estimate of drug-likeness (QED) is 0.165. The molecular weight excluding hydrogens is 573 g/mol. The van der Waals surface area contributed by atoms with E-state index in [1.54, 1.807) is 5.19 Å². The maximum atomic E-state index is 2.68. The summed E-state index contributed by atoms with van der Waals surface area (Å²) >= 11 is 0. The van der Waals surface area contributed by atoms with Crippen LogP contribution in [0.25, 0.3) is 11.1 Å². The fourth-order valence-corrected chi connectivity index (χ4v) is 31.1. The van der Waals surface area contributed by atoms with Gasteiger partial charge in [-0.25, -0.2) is 0 Å². The number of fused-ring (bicyclic) bond motifs is 5. The summed E-state index contributed by atoms with van der Waals surface area (Å²) in [5.74, 6) is 0. The summed E-state index contributed by atoms with van der Waals surface area (Å²) < 4.78 is 0. The molecule has 6 aromatic carbocycles. The predicted molar refractivity (Wildman–Crippen MR) is 196 cm³/mol. The third-order valence-corrected chi connectivity index (χ3v) is 27.9. The molecule has 2 aliphatic rings. The van der Waals surface area contributed by atoms with Gasteiger partial charge in [-0.2, -0.15) is 0 Å². The van der Waals surface area contributed by atoms with E-state index in [9.17, 15) is 0 Å². The highest BCUT2D eigenvalue weighted by Crippen LogP contribution is 2.76. The molecule has 2 atom stereocenters. The van der Waals surface area contributed by atoms with Crippen molar-refractivity contribution in [2.45, 2.75) is 29.7 Å². The lowest BCUT2D eigenvalue weighted by Gasteiger charge is -2.56. The molecule has 2 unspecified atom stereocenters. The van der Waals surface area contributed by atoms with Crippen LogP contribution >= 0.6 is 0 Å². The average Bonchev–Trinajstić information content (AvgIpc) is 3.51. The van der Waals surface area contributed by atoms with Crippen molar-refractivity contribution in [3.8, 4) is 0 Å². The zero-order valence-electron chi connectivity index (χ0n) is 26.2. The lowest BCUT2D eigenvalue weighted by Crippen LogP contribution is -2.80. The number of allylic oxidation sites excluding steroid dienone is 2. The Morgan fingerprint density at radius 3 is 1.04 bits per heavy atom. The highest BCUT2D eigenvalue weighted by Gasteiger charge is 2.83. The van der Waals surface area contributed by atoms with Crippen molar-refractivity contribution in [3.05, 3.63) is 209 Å². The van der Waals surface area contributed by atoms with Crippen LogP contribution in [0.4, 0.5) is 0 Å². The van der Waals surface area contributed by atoms with Crippen LogP contribution in [0.3, 0.4) is 0 Å². The molecule has 2 aliphatic heterocycles. The fourth-order valence-electron chi connectivity index (χ4n) is 9.86. The Morgan fingerprint density at radius 2 is 0.689 bits per heavy atom. The molecule has 0 saturated heterocycles. The Bertz CT molecular complexity index is 1890. The van der Waals surface area contributed by atoms with Gasteiger partial charge in [-0.3, -0.25) is 0 Å². The minimum atomic E-state index is -2.82. The van der Waals surface area contributed by atoms with E-state index >= 15 is 0 Å². The molecule has 218 valence electrons. The third kappa shape index (κ3) is 3.42. The summed E-state index contributed by atoms with van der Waals surface area (Å²) in [5.41, 5.74) is 11.5. The molecule has 0 aromatic heterocycles. The van der Waals surface area contributed by atoms with Crippen LogP contribution in [0.15, 0.2) is 176 Å². The maximum Gasteiger partial charge on any atom is 0.121 e. The average molecular weight is 611 g/mol. The lowest BCUT2D eigenvalue weighted by molar-refractivity contribution is 0.915. The molecule has 0 saturated carbocycles. The smallest absolute Gasteiger partial charge is 0.0711 e. The molecular formula is C43H38Si2. The van der Waals surface area contributed by atoms with Gasteiger partial charge in [0.25, 0.3) is 0 Å². The molecule has 45 heavy (non-hydrogen) atoms. The summed E-state index contributed by atoms with van der Waals surface area (Å²) in [7, 11) is -4.96. The topological polar surface area (TPSA) is 0 Å². The summed E-state index contributed by atoms with van der Waals surface area (Å²) in [6, 6.07) is 67.4. The molecule has 0 fully saturated rings. The van der Waals surface area contributed by atoms with Crippen LogP contribution in [0.1, 0.15) is 33.4 Å². The zero-order valence-corrected chi connectivity index (χ0v) is 28.2. The van der Waals surface area contributed by atoms with Crippen molar-refractivity contribution in [2.24, 2.45) is 0 Å². The van der Waals surface area contributed by atoms with E-state index in [0.29, 0.717) is 0 Å². The largest absolute Gasteiger partial charge is 0.121 e. The molecule has 0 aliphatic carbocycles. The van der Waals surface area contributed by atoms with E-state index in [0.717, 1.165) is 0 Å². The molecule has 0 N–H and O–H groups in total. The van der Waals surface area contributed by atoms with Gasteiger partial charge >= 0.3 is 0 Å². The molecule has 6 aromatic rings. The Hall–Kier alpha value is -4.51. The fraction of sp³-hybridized carbons (Fsp3) is 0.116. The third-order valence-electron chi connectivity index (χ3n) is 10.7. The second-order valence-corrected chi connectivity index (χ2v) is 28.5. The van der Waals surface area contributed by atoms with Gasteiger partial charge in [0.1, 0.15) is 7.59 Å². The monoisotopic (exact) mass is 610 g/mol. The Kier molecular flexibility index (Phi) is 6.39. The second-order valence-electron chi connectivity index (χ2n) is 13.6. The molecule has 0 radical (unpaired) electrons. The van der Waals surface area contributed by atoms with Crippen LogP contribution in [0.2, 0.25) is 19.6 Å². The van der Waals surface area contributed by atoms with Gasteiger partial charge in [-0.1, -0.05) is 201 Å². The van der Waals surface area contributed by atoms with Crippen LogP contribution in [-0.4, -0.2) is 15.2 Å². The minimum absolute atomic E-state index is 0.320. The number of hydrogen-bond donors (Lipinski definition) is 0. The van der Waals surface area contributed by atoms with E-state index in [-0.39, 0.29) is 10.1 Å². The first-order valence-electron chi connectivity index (χ1n) is 16.1. The highest BCUT2D eigenvalue weighted by atomic mass is 29.3. The van der Waals surface area contributed by atoms with Gasteiger partial charge < -0.3 is 0 Å². The Balaban J connectivity index is 1.76. The molecule has 2 heteroatoms. The Labute approximate surface area is 269 Å². The van der Waals surface area contributed by atoms with Gasteiger partial charge in [-0.05, 0) is 44.5 Å². The van der Waals surface area contributed by atoms with Crippen LogP contribution in [0, 0.1) is 0 Å². The molecule has 2 bridgehead atoms. The Morgan fingerprint density at radius 1 is 0.378 bits per heavy atom. The van der Waals surface area contributed by atoms with E-state index in [1.807, 2.05) is 0 Å². The molecule has 0 amide bonds. The van der Waals surface area contributed by atoms with Gasteiger partial charge in [0.05, 0.1) is 0 Å². The number of hydrogen-bond acceptors (Lipinski definition) is 0. The van der Waals surface area contributed by atoms with E-state index in [2.05, 4.69) is 196 Å². The molecule has 0 nitrogen and oxygen atoms in total. The van der Waals surface area contributed by atoms with Crippen LogP contribution in [0.5, 0.6) is 0 Å². The van der Waals surface area contributed by atoms with Gasteiger partial charge in [0.15, 0.2) is 0 Å². The van der Waals surface area contributed by atoms with Crippen molar-refractivity contribution >= 4 is 31.5 Å². The van der Waals surface area contributed by atoms with Crippen LogP contribution in [-0.2, 0) is 10.1 Å². The van der Waals surface area contributed by atoms with Gasteiger partial charge in [-0.15, -0.1) is 0 Å². The van der Waals surface area contributed by atoms with Gasteiger partial charge in [0.2, 0.25) is 0 Å². The summed E-state index contributed by atoms with van der Waals surface area (Å²) in [6.07, 6.45) is 0. The standard InChI is InChI=1S/C43H38Si2/c1-44(2,3)45(37-29-17-8-18-30-37)42(35-25-13-6-14-26-35)38-31-19-20-32-39(38)43(45,36-27-15-7-16-28-36)41(34-23-11-5-12-24-34)40(42)33-21-9-4-10-22-33/h4-32H,1-3H3. The first-order chi connectivity index (χ1) is 22.0. The highest BCUT2D eigenvalue weighted by molar-refractivity contribution is 7.50. The first kappa shape index (κ1) is 28.0. The minimum Gasteiger partial charge on any atom is -0.0711 e. The van der Waals surface area contributed by atoms with Gasteiger partial charge in [0, 0.05) is 17.7 Å². The van der Waals surface area contributed by atoms with Crippen molar-refractivity contribution in [3.63, 3.8) is 0 Å². The zero-order chi connectivity index (χ0) is 30.7. The molecule has 8 rings (SSSR count). The van der Waals surface area contributed by atoms with E-state index in [1.165, 1.54) is 44.5 Å². The second kappa shape index (κ2) is 10.3. The normalized spacial score (nSPS) is 23.6. The SMILES string of the molecule is C[Si](C)(C)[Si]1(c2ccccc2)C2(c3ccccc3)C(c3ccccc3)=C(c3ccccc3)C1(c1ccccc1)c1ccccc12. The molecule has 2 heterocycles. The number of benzene rings is 6. The summed E-state index contributed by atoms with van der Waals surface area (Å²) in [6.45, 7) is 8.05. The van der Waals surface area contributed by atoms with Crippen molar-refractivity contribution < 1.29 is 0 Å². The first-order valence-corrected chi connectivity index (χ1v) is 22.6. The maximum absolute atomic E-state index is 2.82. The van der Waals surface area contributed by atoms with Crippen LogP contribution < -0.4 is 5.19 Å². The van der Waals surface area contributed by atoms with E-state index < -0.39 is 15.2 Å². The summed E-state index contributed by atoms with van der Waals surface area (Å²) in [4.78, 5) is 0. The predicted octanol–water partition coefficient (Wildman–Crippen LogP) is 9.75. The lowest BCUT2D eigenvalue weighted by atomic mass is 9.65.